The summed E-state index contributed by atoms with van der Waals surface area (Å²) in [4.78, 5) is 0.226. The SMILES string of the molecule is CCOCCOc1ccc(S(=O)(=O)NCC2NCCc3ccccc32)cc1. The molecule has 7 heteroatoms. The van der Waals surface area contributed by atoms with Crippen LogP contribution >= 0.6 is 0 Å². The Bertz CT molecular complexity index is 837. The minimum Gasteiger partial charge on any atom is -0.491 e. The van der Waals surface area contributed by atoms with Crippen LogP contribution in [0.25, 0.3) is 0 Å². The van der Waals surface area contributed by atoms with Crippen molar-refractivity contribution in [1.29, 1.82) is 0 Å². The minimum atomic E-state index is -3.58. The Morgan fingerprint density at radius 2 is 1.89 bits per heavy atom. The van der Waals surface area contributed by atoms with Crippen LogP contribution in [0.2, 0.25) is 0 Å². The number of hydrogen-bond acceptors (Lipinski definition) is 5. The Balaban J connectivity index is 1.59. The standard InChI is InChI=1S/C20H26N2O4S/c1-2-25-13-14-26-17-7-9-18(10-8-17)27(23,24)22-15-20-19-6-4-3-5-16(19)11-12-21-20/h3-10,20-22H,2,11-15H2,1H3. The van der Waals surface area contributed by atoms with Gasteiger partial charge in [-0.15, -0.1) is 0 Å². The van der Waals surface area contributed by atoms with E-state index in [9.17, 15) is 8.42 Å². The number of nitrogens with one attached hydrogen (secondary N) is 2. The van der Waals surface area contributed by atoms with Gasteiger partial charge >= 0.3 is 0 Å². The number of hydrogen-bond donors (Lipinski definition) is 2. The molecule has 0 aromatic heterocycles. The maximum atomic E-state index is 12.6. The van der Waals surface area contributed by atoms with Gasteiger partial charge in [-0.1, -0.05) is 24.3 Å². The van der Waals surface area contributed by atoms with Crippen LogP contribution in [-0.2, 0) is 21.2 Å². The van der Waals surface area contributed by atoms with Gasteiger partial charge in [0.2, 0.25) is 10.0 Å². The summed E-state index contributed by atoms with van der Waals surface area (Å²) < 4.78 is 38.6. The van der Waals surface area contributed by atoms with Gasteiger partial charge in [0.1, 0.15) is 12.4 Å². The number of fused-ring (bicyclic) bond motifs is 1. The average Bonchev–Trinajstić information content (AvgIpc) is 2.70. The van der Waals surface area contributed by atoms with Gasteiger partial charge in [-0.05, 0) is 55.3 Å². The monoisotopic (exact) mass is 390 g/mol. The molecule has 1 atom stereocenters. The lowest BCUT2D eigenvalue weighted by Crippen LogP contribution is -2.38. The van der Waals surface area contributed by atoms with E-state index in [0.717, 1.165) is 18.5 Å². The molecule has 0 radical (unpaired) electrons. The third kappa shape index (κ3) is 5.29. The topological polar surface area (TPSA) is 76.7 Å². The Hall–Kier alpha value is -1.93. The summed E-state index contributed by atoms with van der Waals surface area (Å²) in [6.07, 6.45) is 0.962. The van der Waals surface area contributed by atoms with Gasteiger partial charge < -0.3 is 14.8 Å². The second-order valence-corrected chi connectivity index (χ2v) is 8.09. The van der Waals surface area contributed by atoms with Gasteiger partial charge in [0.25, 0.3) is 0 Å². The number of ether oxygens (including phenoxy) is 2. The van der Waals surface area contributed by atoms with Crippen LogP contribution in [0.15, 0.2) is 53.4 Å². The third-order valence-electron chi connectivity index (χ3n) is 4.53. The predicted octanol–water partition coefficient (Wildman–Crippen LogP) is 2.27. The van der Waals surface area contributed by atoms with E-state index in [1.54, 1.807) is 24.3 Å². The molecule has 0 aliphatic carbocycles. The molecule has 0 bridgehead atoms. The molecule has 1 heterocycles. The lowest BCUT2D eigenvalue weighted by Gasteiger charge is -2.27. The molecule has 0 fully saturated rings. The predicted molar refractivity (Wildman–Crippen MR) is 105 cm³/mol. The molecule has 0 amide bonds. The van der Waals surface area contributed by atoms with E-state index >= 15 is 0 Å². The quantitative estimate of drug-likeness (QED) is 0.643. The van der Waals surface area contributed by atoms with Crippen molar-refractivity contribution < 1.29 is 17.9 Å². The highest BCUT2D eigenvalue weighted by Gasteiger charge is 2.22. The van der Waals surface area contributed by atoms with Crippen LogP contribution in [0.1, 0.15) is 24.1 Å². The Morgan fingerprint density at radius 1 is 1.11 bits per heavy atom. The van der Waals surface area contributed by atoms with Crippen LogP contribution in [0.4, 0.5) is 0 Å². The fourth-order valence-corrected chi connectivity index (χ4v) is 4.18. The highest BCUT2D eigenvalue weighted by atomic mass is 32.2. The smallest absolute Gasteiger partial charge is 0.240 e. The molecule has 1 unspecified atom stereocenters. The van der Waals surface area contributed by atoms with Gasteiger partial charge in [0.15, 0.2) is 0 Å². The highest BCUT2D eigenvalue weighted by molar-refractivity contribution is 7.89. The summed E-state index contributed by atoms with van der Waals surface area (Å²) in [5, 5.41) is 3.38. The normalized spacial score (nSPS) is 16.7. The first-order valence-electron chi connectivity index (χ1n) is 9.21. The van der Waals surface area contributed by atoms with E-state index in [4.69, 9.17) is 9.47 Å². The lowest BCUT2D eigenvalue weighted by molar-refractivity contribution is 0.110. The summed E-state index contributed by atoms with van der Waals surface area (Å²) in [6, 6.07) is 14.6. The van der Waals surface area contributed by atoms with E-state index in [1.807, 2.05) is 19.1 Å². The number of rotatable bonds is 9. The van der Waals surface area contributed by atoms with Gasteiger partial charge in [-0.25, -0.2) is 13.1 Å². The van der Waals surface area contributed by atoms with Crippen molar-refractivity contribution in [3.05, 3.63) is 59.7 Å². The summed E-state index contributed by atoms with van der Waals surface area (Å²) in [5.74, 6) is 0.622. The molecular weight excluding hydrogens is 364 g/mol. The zero-order valence-corrected chi connectivity index (χ0v) is 16.3. The Labute approximate surface area is 160 Å². The molecule has 2 N–H and O–H groups in total. The Morgan fingerprint density at radius 3 is 2.67 bits per heavy atom. The van der Waals surface area contributed by atoms with Crippen LogP contribution in [-0.4, -0.2) is 41.3 Å². The summed E-state index contributed by atoms with van der Waals surface area (Å²) >= 11 is 0. The van der Waals surface area contributed by atoms with Crippen molar-refractivity contribution in [3.63, 3.8) is 0 Å². The fraction of sp³-hybridized carbons (Fsp3) is 0.400. The molecule has 1 aliphatic heterocycles. The maximum absolute atomic E-state index is 12.6. The molecule has 2 aromatic rings. The van der Waals surface area contributed by atoms with E-state index < -0.39 is 10.0 Å². The molecule has 0 saturated carbocycles. The van der Waals surface area contributed by atoms with Gasteiger partial charge in [-0.2, -0.15) is 0 Å². The Kier molecular flexibility index (Phi) is 6.84. The zero-order valence-electron chi connectivity index (χ0n) is 15.5. The second kappa shape index (κ2) is 9.32. The van der Waals surface area contributed by atoms with E-state index in [2.05, 4.69) is 22.2 Å². The van der Waals surface area contributed by atoms with Gasteiger partial charge in [-0.3, -0.25) is 0 Å². The van der Waals surface area contributed by atoms with E-state index in [0.29, 0.717) is 32.1 Å². The largest absolute Gasteiger partial charge is 0.491 e. The second-order valence-electron chi connectivity index (χ2n) is 6.32. The first-order valence-corrected chi connectivity index (χ1v) is 10.7. The lowest BCUT2D eigenvalue weighted by atomic mass is 9.95. The summed E-state index contributed by atoms with van der Waals surface area (Å²) in [6.45, 7) is 4.67. The molecule has 2 aromatic carbocycles. The third-order valence-corrected chi connectivity index (χ3v) is 5.97. The van der Waals surface area contributed by atoms with Crippen molar-refractivity contribution in [2.75, 3.05) is 32.9 Å². The molecule has 0 spiro atoms. The van der Waals surface area contributed by atoms with Crippen molar-refractivity contribution >= 4 is 10.0 Å². The number of sulfonamides is 1. The van der Waals surface area contributed by atoms with Crippen LogP contribution in [0.3, 0.4) is 0 Å². The van der Waals surface area contributed by atoms with E-state index in [-0.39, 0.29) is 10.9 Å². The molecule has 27 heavy (non-hydrogen) atoms. The van der Waals surface area contributed by atoms with Crippen molar-refractivity contribution in [2.45, 2.75) is 24.3 Å². The van der Waals surface area contributed by atoms with Crippen LogP contribution in [0.5, 0.6) is 5.75 Å². The van der Waals surface area contributed by atoms with Gasteiger partial charge in [0.05, 0.1) is 11.5 Å². The summed E-state index contributed by atoms with van der Waals surface area (Å²) in [7, 11) is -3.58. The molecule has 6 nitrogen and oxygen atoms in total. The molecular formula is C20H26N2O4S. The maximum Gasteiger partial charge on any atom is 0.240 e. The molecule has 1 aliphatic rings. The van der Waals surface area contributed by atoms with Crippen molar-refractivity contribution in [3.8, 4) is 5.75 Å². The first-order chi connectivity index (χ1) is 13.1. The van der Waals surface area contributed by atoms with Crippen LogP contribution in [0, 0.1) is 0 Å². The molecule has 0 saturated heterocycles. The molecule has 146 valence electrons. The minimum absolute atomic E-state index is 0.0223. The van der Waals surface area contributed by atoms with E-state index in [1.165, 1.54) is 5.56 Å². The van der Waals surface area contributed by atoms with Crippen molar-refractivity contribution in [1.82, 2.24) is 10.0 Å². The van der Waals surface area contributed by atoms with Crippen molar-refractivity contribution in [2.24, 2.45) is 0 Å². The first kappa shape index (κ1) is 19.8. The average molecular weight is 391 g/mol. The summed E-state index contributed by atoms with van der Waals surface area (Å²) in [5.41, 5.74) is 2.43. The molecule has 3 rings (SSSR count). The fourth-order valence-electron chi connectivity index (χ4n) is 3.13. The zero-order chi connectivity index (χ0) is 19.1. The van der Waals surface area contributed by atoms with Gasteiger partial charge in [0, 0.05) is 19.2 Å². The highest BCUT2D eigenvalue weighted by Crippen LogP contribution is 2.23. The van der Waals surface area contributed by atoms with Crippen LogP contribution < -0.4 is 14.8 Å². The number of benzene rings is 2.